The number of halogens is 1. The molecule has 2 heterocycles. The van der Waals surface area contributed by atoms with Crippen LogP contribution in [-0.4, -0.2) is 19.5 Å². The number of imidazole rings is 1. The Bertz CT molecular complexity index is 832. The van der Waals surface area contributed by atoms with Crippen molar-refractivity contribution in [3.63, 3.8) is 0 Å². The number of aromatic nitrogens is 4. The fraction of sp³-hybridized carbons (Fsp3) is 0. The topological polar surface area (TPSA) is 83.5 Å². The first kappa shape index (κ1) is 10.8. The monoisotopic (exact) mass is 262 g/mol. The summed E-state index contributed by atoms with van der Waals surface area (Å²) in [5, 5.41) is 0.809. The summed E-state index contributed by atoms with van der Waals surface area (Å²) in [5.74, 6) is 0.323. The van der Waals surface area contributed by atoms with Gasteiger partial charge in [0.05, 0.1) is 10.9 Å². The van der Waals surface area contributed by atoms with Gasteiger partial charge in [0.2, 0.25) is 5.95 Å². The second-order valence-electron chi connectivity index (χ2n) is 3.67. The Balaban J connectivity index is 2.55. The molecular formula is C11H7ClN4O2. The van der Waals surface area contributed by atoms with E-state index in [0.717, 1.165) is 0 Å². The number of rotatable bonds is 1. The summed E-state index contributed by atoms with van der Waals surface area (Å²) in [6, 6.07) is 4.71. The van der Waals surface area contributed by atoms with Gasteiger partial charge in [0, 0.05) is 17.4 Å². The standard InChI is InChI=1S/C11H7ClN4O2/c12-6-1-2-7-8(5-6)16(10-13-3-4-14-10)11(18)15-9(7)17/h1-5H,(H,13,14)(H,15,17,18). The second kappa shape index (κ2) is 3.85. The Morgan fingerprint density at radius 1 is 1.28 bits per heavy atom. The Kier molecular flexibility index (Phi) is 2.31. The fourth-order valence-electron chi connectivity index (χ4n) is 1.80. The Morgan fingerprint density at radius 3 is 2.83 bits per heavy atom. The van der Waals surface area contributed by atoms with Gasteiger partial charge in [-0.15, -0.1) is 0 Å². The molecule has 0 saturated heterocycles. The minimum atomic E-state index is -0.565. The highest BCUT2D eigenvalue weighted by Gasteiger charge is 2.10. The van der Waals surface area contributed by atoms with Crippen LogP contribution in [0.5, 0.6) is 0 Å². The van der Waals surface area contributed by atoms with Gasteiger partial charge < -0.3 is 4.98 Å². The van der Waals surface area contributed by atoms with Crippen LogP contribution in [0.1, 0.15) is 0 Å². The zero-order valence-corrected chi connectivity index (χ0v) is 9.73. The summed E-state index contributed by atoms with van der Waals surface area (Å²) in [4.78, 5) is 32.6. The van der Waals surface area contributed by atoms with E-state index in [9.17, 15) is 9.59 Å². The Hall–Kier alpha value is -2.34. The van der Waals surface area contributed by atoms with Gasteiger partial charge in [0.15, 0.2) is 0 Å². The van der Waals surface area contributed by atoms with Crippen molar-refractivity contribution in [2.45, 2.75) is 0 Å². The lowest BCUT2D eigenvalue weighted by atomic mass is 10.2. The highest BCUT2D eigenvalue weighted by Crippen LogP contribution is 2.16. The molecule has 0 bridgehead atoms. The van der Waals surface area contributed by atoms with E-state index in [1.807, 2.05) is 0 Å². The van der Waals surface area contributed by atoms with Crippen molar-refractivity contribution in [1.29, 1.82) is 0 Å². The maximum absolute atomic E-state index is 11.9. The van der Waals surface area contributed by atoms with Crippen LogP contribution in [0.2, 0.25) is 5.02 Å². The molecule has 90 valence electrons. The summed E-state index contributed by atoms with van der Waals surface area (Å²) in [6.45, 7) is 0. The highest BCUT2D eigenvalue weighted by molar-refractivity contribution is 6.31. The molecule has 1 aromatic carbocycles. The molecule has 3 rings (SSSR count). The molecular weight excluding hydrogens is 256 g/mol. The van der Waals surface area contributed by atoms with Gasteiger partial charge in [-0.3, -0.25) is 9.78 Å². The maximum Gasteiger partial charge on any atom is 0.335 e. The predicted molar refractivity (Wildman–Crippen MR) is 67.3 cm³/mol. The first-order chi connectivity index (χ1) is 8.66. The van der Waals surface area contributed by atoms with Crippen molar-refractivity contribution in [3.8, 4) is 5.95 Å². The fourth-order valence-corrected chi connectivity index (χ4v) is 1.97. The second-order valence-corrected chi connectivity index (χ2v) is 4.11. The number of fused-ring (bicyclic) bond motifs is 1. The van der Waals surface area contributed by atoms with Crippen LogP contribution in [0.4, 0.5) is 0 Å². The van der Waals surface area contributed by atoms with Crippen LogP contribution in [0.3, 0.4) is 0 Å². The number of nitrogens with zero attached hydrogens (tertiary/aromatic N) is 2. The number of hydrogen-bond donors (Lipinski definition) is 2. The quantitative estimate of drug-likeness (QED) is 0.688. The molecule has 7 heteroatoms. The van der Waals surface area contributed by atoms with E-state index in [1.54, 1.807) is 24.4 Å². The molecule has 0 saturated carbocycles. The summed E-state index contributed by atoms with van der Waals surface area (Å²) in [6.07, 6.45) is 3.10. The van der Waals surface area contributed by atoms with E-state index >= 15 is 0 Å². The molecule has 0 unspecified atom stereocenters. The highest BCUT2D eigenvalue weighted by atomic mass is 35.5. The third-order valence-corrected chi connectivity index (χ3v) is 2.80. The van der Waals surface area contributed by atoms with E-state index in [-0.39, 0.29) is 0 Å². The van der Waals surface area contributed by atoms with Crippen molar-refractivity contribution >= 4 is 22.5 Å². The van der Waals surface area contributed by atoms with Crippen molar-refractivity contribution in [2.75, 3.05) is 0 Å². The summed E-state index contributed by atoms with van der Waals surface area (Å²) in [7, 11) is 0. The SMILES string of the molecule is O=c1[nH]c(=O)n(-c2ncc[nH]2)c2cc(Cl)ccc12. The maximum atomic E-state index is 11.9. The normalized spacial score (nSPS) is 10.9. The lowest BCUT2D eigenvalue weighted by molar-refractivity contribution is 0.888. The molecule has 18 heavy (non-hydrogen) atoms. The molecule has 0 spiro atoms. The molecule has 2 N–H and O–H groups in total. The van der Waals surface area contributed by atoms with Crippen LogP contribution in [0, 0.1) is 0 Å². The lowest BCUT2D eigenvalue weighted by Crippen LogP contribution is -2.29. The third kappa shape index (κ3) is 1.54. The van der Waals surface area contributed by atoms with Crippen molar-refractivity contribution in [3.05, 3.63) is 56.5 Å². The number of hydrogen-bond acceptors (Lipinski definition) is 3. The average Bonchev–Trinajstić information content (AvgIpc) is 2.82. The van der Waals surface area contributed by atoms with Crippen LogP contribution in [-0.2, 0) is 0 Å². The minimum absolute atomic E-state index is 0.323. The molecule has 0 atom stereocenters. The van der Waals surface area contributed by atoms with E-state index in [1.165, 1.54) is 10.8 Å². The largest absolute Gasteiger partial charge is 0.335 e. The number of benzene rings is 1. The third-order valence-electron chi connectivity index (χ3n) is 2.56. The van der Waals surface area contributed by atoms with E-state index in [0.29, 0.717) is 21.9 Å². The Labute approximate surface area is 105 Å². The molecule has 0 aliphatic heterocycles. The first-order valence-corrected chi connectivity index (χ1v) is 5.49. The summed E-state index contributed by atoms with van der Waals surface area (Å²) < 4.78 is 1.27. The van der Waals surface area contributed by atoms with Gasteiger partial charge in [-0.1, -0.05) is 11.6 Å². The van der Waals surface area contributed by atoms with Crippen molar-refractivity contribution in [2.24, 2.45) is 0 Å². The molecule has 0 fully saturated rings. The van der Waals surface area contributed by atoms with E-state index < -0.39 is 11.2 Å². The van der Waals surface area contributed by atoms with Crippen LogP contribution in [0.25, 0.3) is 16.9 Å². The smallest absolute Gasteiger partial charge is 0.330 e. The summed E-state index contributed by atoms with van der Waals surface area (Å²) >= 11 is 5.90. The van der Waals surface area contributed by atoms with Gasteiger partial charge in [0.1, 0.15) is 0 Å². The molecule has 2 aromatic heterocycles. The van der Waals surface area contributed by atoms with Crippen LogP contribution in [0.15, 0.2) is 40.2 Å². The molecule has 6 nitrogen and oxygen atoms in total. The van der Waals surface area contributed by atoms with Gasteiger partial charge in [-0.25, -0.2) is 14.3 Å². The van der Waals surface area contributed by atoms with Crippen molar-refractivity contribution < 1.29 is 0 Å². The van der Waals surface area contributed by atoms with Gasteiger partial charge in [-0.2, -0.15) is 0 Å². The zero-order chi connectivity index (χ0) is 12.7. The minimum Gasteiger partial charge on any atom is -0.330 e. The number of H-pyrrole nitrogens is 2. The zero-order valence-electron chi connectivity index (χ0n) is 8.98. The van der Waals surface area contributed by atoms with Crippen LogP contribution >= 0.6 is 11.6 Å². The predicted octanol–water partition coefficient (Wildman–Crippen LogP) is 1.06. The van der Waals surface area contributed by atoms with E-state index in [2.05, 4.69) is 15.0 Å². The molecule has 0 radical (unpaired) electrons. The van der Waals surface area contributed by atoms with Gasteiger partial charge in [0.25, 0.3) is 5.56 Å². The molecule has 0 aliphatic rings. The van der Waals surface area contributed by atoms with Gasteiger partial charge >= 0.3 is 5.69 Å². The first-order valence-electron chi connectivity index (χ1n) is 5.11. The molecule has 0 amide bonds. The number of nitrogens with one attached hydrogen (secondary N) is 2. The Morgan fingerprint density at radius 2 is 2.11 bits per heavy atom. The van der Waals surface area contributed by atoms with Crippen molar-refractivity contribution in [1.82, 2.24) is 19.5 Å². The molecule has 0 aliphatic carbocycles. The lowest BCUT2D eigenvalue weighted by Gasteiger charge is -2.06. The van der Waals surface area contributed by atoms with Gasteiger partial charge in [-0.05, 0) is 18.2 Å². The van der Waals surface area contributed by atoms with E-state index in [4.69, 9.17) is 11.6 Å². The number of aromatic amines is 2. The summed E-state index contributed by atoms with van der Waals surface area (Å²) in [5.41, 5.74) is -0.606. The molecule has 3 aromatic rings. The van der Waals surface area contributed by atoms with Crippen LogP contribution < -0.4 is 11.2 Å². The average molecular weight is 263 g/mol.